The summed E-state index contributed by atoms with van der Waals surface area (Å²) < 4.78 is 10.5. The third kappa shape index (κ3) is 5.70. The van der Waals surface area contributed by atoms with Gasteiger partial charge in [-0.05, 0) is 78.0 Å². The number of phenolic OH excluding ortho intramolecular Hbond substituents is 1. The number of imide groups is 3. The summed E-state index contributed by atoms with van der Waals surface area (Å²) in [6.07, 6.45) is 1.09. The molecular weight excluding hydrogens is 593 g/mol. The monoisotopic (exact) mass is 627 g/mol. The van der Waals surface area contributed by atoms with Gasteiger partial charge in [0.1, 0.15) is 0 Å². The van der Waals surface area contributed by atoms with Crippen LogP contribution in [0, 0.1) is 27.2 Å². The van der Waals surface area contributed by atoms with Gasteiger partial charge >= 0.3 is 6.09 Å². The van der Waals surface area contributed by atoms with Crippen LogP contribution in [0.25, 0.3) is 6.08 Å². The Morgan fingerprint density at radius 2 is 1.92 bits per heavy atom. The summed E-state index contributed by atoms with van der Waals surface area (Å²) in [5, 5.41) is 31.7. The number of nitrogens with zero attached hydrogens (tertiary/aromatic N) is 1. The Bertz CT molecular complexity index is 1140. The van der Waals surface area contributed by atoms with Gasteiger partial charge in [-0.2, -0.15) is 4.90 Å². The number of phenols is 1. The highest BCUT2D eigenvalue weighted by Crippen LogP contribution is 2.48. The summed E-state index contributed by atoms with van der Waals surface area (Å²) in [5.74, 6) is -3.36. The number of amides is 3. The number of methoxy groups -OCH3 is 2. The van der Waals surface area contributed by atoms with Gasteiger partial charge in [0.15, 0.2) is 11.5 Å². The number of fused-ring (bicyclic) bond motifs is 1. The minimum absolute atomic E-state index is 0.0297. The van der Waals surface area contributed by atoms with Crippen molar-refractivity contribution in [2.45, 2.75) is 46.1 Å². The SMILES string of the molecule is COC(=O)N1C(=O)[C@@H]2[C@@H](CC(C(C)C)=C([C@H](O)CC/C(C)=C/c3cc(I)c(O)c(OC)c3)[C@@H]2CO)C1=O. The molecule has 3 amide bonds. The van der Waals surface area contributed by atoms with Crippen LogP contribution in [0.1, 0.15) is 45.6 Å². The molecule has 1 heterocycles. The number of aliphatic hydroxyl groups is 2. The first kappa shape index (κ1) is 29.1. The minimum atomic E-state index is -1.03. The van der Waals surface area contributed by atoms with Gasteiger partial charge in [-0.1, -0.05) is 31.1 Å². The second-order valence-corrected chi connectivity index (χ2v) is 11.0. The molecule has 10 heteroatoms. The molecule has 3 N–H and O–H groups in total. The molecule has 0 unspecified atom stereocenters. The Kier molecular flexibility index (Phi) is 9.41. The Labute approximate surface area is 230 Å². The molecular formula is C27H34INO8. The molecule has 0 saturated carbocycles. The number of ether oxygens (including phenoxy) is 2. The lowest BCUT2D eigenvalue weighted by molar-refractivity contribution is -0.137. The highest BCUT2D eigenvalue weighted by molar-refractivity contribution is 14.1. The van der Waals surface area contributed by atoms with Gasteiger partial charge in [0.05, 0.1) is 42.3 Å². The molecule has 0 bridgehead atoms. The van der Waals surface area contributed by atoms with Crippen LogP contribution >= 0.6 is 22.6 Å². The molecule has 37 heavy (non-hydrogen) atoms. The number of hydrogen-bond acceptors (Lipinski definition) is 8. The van der Waals surface area contributed by atoms with Gasteiger partial charge in [0, 0.05) is 5.92 Å². The summed E-state index contributed by atoms with van der Waals surface area (Å²) in [5.41, 5.74) is 3.24. The fourth-order valence-corrected chi connectivity index (χ4v) is 6.05. The van der Waals surface area contributed by atoms with Crippen LogP contribution in [-0.4, -0.2) is 65.1 Å². The summed E-state index contributed by atoms with van der Waals surface area (Å²) in [6, 6.07) is 3.56. The average Bonchev–Trinajstić information content (AvgIpc) is 3.12. The van der Waals surface area contributed by atoms with E-state index in [1.165, 1.54) is 7.11 Å². The standard InChI is InChI=1S/C27H34INO8/c1-13(2)16-11-17-23(26(34)29(25(17)33)27(35)37-5)18(12-30)22(16)20(31)7-6-14(3)8-15-9-19(28)24(32)21(10-15)36-4/h8-10,13,17-18,20,23,30-32H,6-7,11-12H2,1-5H3/b14-8+/t17-,18+,20-,23-/m1/s1. The molecule has 3 rings (SSSR count). The number of halogens is 1. The first-order valence-corrected chi connectivity index (χ1v) is 13.3. The second-order valence-electron chi connectivity index (χ2n) is 9.84. The van der Waals surface area contributed by atoms with Crippen LogP contribution in [0.5, 0.6) is 11.5 Å². The van der Waals surface area contributed by atoms with Crippen molar-refractivity contribution in [2.75, 3.05) is 20.8 Å². The zero-order chi connectivity index (χ0) is 27.6. The van der Waals surface area contributed by atoms with Crippen LogP contribution in [0.2, 0.25) is 0 Å². The van der Waals surface area contributed by atoms with Crippen molar-refractivity contribution < 1.29 is 39.2 Å². The van der Waals surface area contributed by atoms with Crippen molar-refractivity contribution in [3.8, 4) is 11.5 Å². The number of aliphatic hydroxyl groups excluding tert-OH is 2. The molecule has 0 radical (unpaired) electrons. The van der Waals surface area contributed by atoms with Gasteiger partial charge in [0.25, 0.3) is 0 Å². The minimum Gasteiger partial charge on any atom is -0.504 e. The lowest BCUT2D eigenvalue weighted by Crippen LogP contribution is -2.40. The summed E-state index contributed by atoms with van der Waals surface area (Å²) >= 11 is 2.03. The Morgan fingerprint density at radius 3 is 2.49 bits per heavy atom. The van der Waals surface area contributed by atoms with E-state index in [1.807, 2.05) is 55.5 Å². The molecule has 2 aliphatic rings. The topological polar surface area (TPSA) is 134 Å². The number of hydrogen-bond donors (Lipinski definition) is 3. The van der Waals surface area contributed by atoms with Crippen molar-refractivity contribution in [3.63, 3.8) is 0 Å². The number of benzene rings is 1. The maximum Gasteiger partial charge on any atom is 0.423 e. The van der Waals surface area contributed by atoms with Crippen LogP contribution in [0.4, 0.5) is 4.79 Å². The average molecular weight is 627 g/mol. The first-order valence-electron chi connectivity index (χ1n) is 12.2. The van der Waals surface area contributed by atoms with E-state index in [2.05, 4.69) is 4.74 Å². The smallest absolute Gasteiger partial charge is 0.423 e. The lowest BCUT2D eigenvalue weighted by Gasteiger charge is -2.38. The molecule has 202 valence electrons. The van der Waals surface area contributed by atoms with Gasteiger partial charge in [-0.15, -0.1) is 0 Å². The molecule has 1 fully saturated rings. The predicted molar refractivity (Wildman–Crippen MR) is 145 cm³/mol. The van der Waals surface area contributed by atoms with Crippen LogP contribution in [0.3, 0.4) is 0 Å². The van der Waals surface area contributed by atoms with Crippen molar-refractivity contribution >= 4 is 46.6 Å². The van der Waals surface area contributed by atoms with Gasteiger partial charge in [-0.3, -0.25) is 9.59 Å². The van der Waals surface area contributed by atoms with Gasteiger partial charge in [0.2, 0.25) is 11.8 Å². The van der Waals surface area contributed by atoms with E-state index in [0.717, 1.165) is 23.8 Å². The molecule has 1 saturated heterocycles. The van der Waals surface area contributed by atoms with Gasteiger partial charge < -0.3 is 24.8 Å². The third-order valence-corrected chi connectivity index (χ3v) is 8.05. The molecule has 9 nitrogen and oxygen atoms in total. The maximum atomic E-state index is 13.1. The van der Waals surface area contributed by atoms with Crippen LogP contribution in [0.15, 0.2) is 28.9 Å². The Balaban J connectivity index is 1.87. The number of aromatic hydroxyl groups is 1. The van der Waals surface area contributed by atoms with E-state index >= 15 is 0 Å². The molecule has 0 spiro atoms. The zero-order valence-corrected chi connectivity index (χ0v) is 23.8. The van der Waals surface area contributed by atoms with Gasteiger partial charge in [-0.25, -0.2) is 4.79 Å². The number of allylic oxidation sites excluding steroid dienone is 2. The summed E-state index contributed by atoms with van der Waals surface area (Å²) in [6.45, 7) is 5.39. The lowest BCUT2D eigenvalue weighted by atomic mass is 9.66. The fourth-order valence-electron chi connectivity index (χ4n) is 5.42. The molecule has 4 atom stereocenters. The largest absolute Gasteiger partial charge is 0.504 e. The number of likely N-dealkylation sites (tertiary alicyclic amines) is 1. The summed E-state index contributed by atoms with van der Waals surface area (Å²) in [7, 11) is 2.59. The van der Waals surface area contributed by atoms with Crippen molar-refractivity contribution in [1.82, 2.24) is 4.90 Å². The van der Waals surface area contributed by atoms with E-state index in [4.69, 9.17) is 4.74 Å². The van der Waals surface area contributed by atoms with Crippen molar-refractivity contribution in [2.24, 2.45) is 23.7 Å². The normalized spacial score (nSPS) is 23.0. The molecule has 0 aromatic heterocycles. The quantitative estimate of drug-likeness (QED) is 0.225. The van der Waals surface area contributed by atoms with E-state index in [1.54, 1.807) is 6.07 Å². The fraction of sp³-hybridized carbons (Fsp3) is 0.519. The summed E-state index contributed by atoms with van der Waals surface area (Å²) in [4.78, 5) is 38.7. The highest BCUT2D eigenvalue weighted by atomic mass is 127. The predicted octanol–water partition coefficient (Wildman–Crippen LogP) is 3.88. The van der Waals surface area contributed by atoms with E-state index < -0.39 is 48.4 Å². The second kappa shape index (κ2) is 12.0. The molecule has 1 aromatic rings. The van der Waals surface area contributed by atoms with Crippen molar-refractivity contribution in [1.29, 1.82) is 0 Å². The molecule has 1 aliphatic heterocycles. The number of carbonyl (C=O) groups excluding carboxylic acids is 3. The van der Waals surface area contributed by atoms with E-state index in [9.17, 15) is 29.7 Å². The first-order chi connectivity index (χ1) is 17.5. The van der Waals surface area contributed by atoms with Crippen molar-refractivity contribution in [3.05, 3.63) is 38.0 Å². The van der Waals surface area contributed by atoms with Crippen LogP contribution in [-0.2, 0) is 14.3 Å². The van der Waals surface area contributed by atoms with Crippen LogP contribution < -0.4 is 4.74 Å². The number of rotatable bonds is 8. The highest BCUT2D eigenvalue weighted by Gasteiger charge is 2.57. The number of carbonyl (C=O) groups is 3. The molecule has 1 aliphatic carbocycles. The molecule has 1 aromatic carbocycles. The van der Waals surface area contributed by atoms with E-state index in [0.29, 0.717) is 32.6 Å². The Hall–Kier alpha value is -2.44. The maximum absolute atomic E-state index is 13.1. The third-order valence-electron chi connectivity index (χ3n) is 7.23. The zero-order valence-electron chi connectivity index (χ0n) is 21.7. The van der Waals surface area contributed by atoms with E-state index in [-0.39, 0.29) is 18.1 Å². The Morgan fingerprint density at radius 1 is 1.24 bits per heavy atom.